The first-order valence-electron chi connectivity index (χ1n) is 12.5. The van der Waals surface area contributed by atoms with E-state index in [1.165, 1.54) is 23.5 Å². The number of carbonyl (C=O) groups is 1. The molecule has 1 unspecified atom stereocenters. The predicted molar refractivity (Wildman–Crippen MR) is 150 cm³/mol. The molecule has 4 rings (SSSR count). The molecule has 0 spiro atoms. The molecule has 2 aromatic carbocycles. The summed E-state index contributed by atoms with van der Waals surface area (Å²) in [6.45, 7) is 3.18. The minimum Gasteiger partial charge on any atom is -0.491 e. The van der Waals surface area contributed by atoms with Crippen LogP contribution in [-0.4, -0.2) is 52.4 Å². The normalized spacial score (nSPS) is 12.2. The molecule has 2 heterocycles. The molecule has 0 saturated carbocycles. The van der Waals surface area contributed by atoms with Crippen molar-refractivity contribution in [2.75, 3.05) is 26.8 Å². The molecule has 0 aliphatic carbocycles. The number of aliphatic hydroxyl groups is 2. The molecule has 0 aliphatic rings. The maximum Gasteiger partial charge on any atom is 0.257 e. The van der Waals surface area contributed by atoms with E-state index in [9.17, 15) is 19.1 Å². The number of thiophene rings is 1. The Kier molecular flexibility index (Phi) is 9.13. The van der Waals surface area contributed by atoms with E-state index in [1.54, 1.807) is 47.2 Å². The second kappa shape index (κ2) is 12.5. The topological polar surface area (TPSA) is 104 Å². The lowest BCUT2D eigenvalue weighted by molar-refractivity contribution is 0.0949. The number of nitrogens with one attached hydrogen (secondary N) is 1. The van der Waals surface area contributed by atoms with Gasteiger partial charge in [0, 0.05) is 37.8 Å². The summed E-state index contributed by atoms with van der Waals surface area (Å²) in [7, 11) is 3.71. The lowest BCUT2D eigenvalue weighted by atomic mass is 10.1. The van der Waals surface area contributed by atoms with Crippen LogP contribution in [0.1, 0.15) is 38.0 Å². The van der Waals surface area contributed by atoms with Crippen LogP contribution >= 0.6 is 11.3 Å². The third-order valence-electron chi connectivity index (χ3n) is 6.47. The first-order chi connectivity index (χ1) is 18.7. The van der Waals surface area contributed by atoms with E-state index in [1.807, 2.05) is 25.9 Å². The van der Waals surface area contributed by atoms with Crippen molar-refractivity contribution >= 4 is 27.5 Å². The van der Waals surface area contributed by atoms with Crippen LogP contribution in [-0.2, 0) is 20.1 Å². The highest BCUT2D eigenvalue weighted by atomic mass is 32.1. The van der Waals surface area contributed by atoms with Gasteiger partial charge in [-0.05, 0) is 54.9 Å². The number of aryl methyl sites for hydroxylation is 2. The van der Waals surface area contributed by atoms with Gasteiger partial charge in [0.05, 0.1) is 22.9 Å². The number of hydrogen-bond donors (Lipinski definition) is 3. The lowest BCUT2D eigenvalue weighted by Crippen LogP contribution is -2.29. The Morgan fingerprint density at radius 3 is 2.54 bits per heavy atom. The smallest absolute Gasteiger partial charge is 0.257 e. The Balaban J connectivity index is 1.46. The van der Waals surface area contributed by atoms with Crippen molar-refractivity contribution in [1.82, 2.24) is 14.8 Å². The Hall–Kier alpha value is -3.57. The van der Waals surface area contributed by atoms with Crippen molar-refractivity contribution in [3.63, 3.8) is 0 Å². The molecule has 0 aliphatic heterocycles. The molecule has 39 heavy (non-hydrogen) atoms. The van der Waals surface area contributed by atoms with Gasteiger partial charge in [0.2, 0.25) is 5.43 Å². The number of halogens is 1. The van der Waals surface area contributed by atoms with E-state index in [2.05, 4.69) is 5.32 Å². The highest BCUT2D eigenvalue weighted by Crippen LogP contribution is 2.30. The molecule has 2 aromatic heterocycles. The van der Waals surface area contributed by atoms with Gasteiger partial charge in [-0.2, -0.15) is 0 Å². The second-order valence-corrected chi connectivity index (χ2v) is 10.6. The van der Waals surface area contributed by atoms with E-state index >= 15 is 0 Å². The maximum absolute atomic E-state index is 13.3. The number of aliphatic hydroxyl groups excluding tert-OH is 2. The molecule has 0 radical (unpaired) electrons. The van der Waals surface area contributed by atoms with Crippen molar-refractivity contribution in [2.24, 2.45) is 7.05 Å². The minimum absolute atomic E-state index is 0.0510. The molecule has 8 nitrogen and oxygen atoms in total. The largest absolute Gasteiger partial charge is 0.491 e. The quantitative estimate of drug-likeness (QED) is 0.263. The summed E-state index contributed by atoms with van der Waals surface area (Å²) < 4.78 is 20.8. The number of fused-ring (bicyclic) bond motifs is 1. The van der Waals surface area contributed by atoms with Crippen LogP contribution in [0.15, 0.2) is 59.5 Å². The third kappa shape index (κ3) is 6.72. The number of hydrogen-bond acceptors (Lipinski definition) is 7. The second-order valence-electron chi connectivity index (χ2n) is 9.47. The van der Waals surface area contributed by atoms with Crippen molar-refractivity contribution in [1.29, 1.82) is 0 Å². The highest BCUT2D eigenvalue weighted by molar-refractivity contribution is 7.19. The Labute approximate surface area is 229 Å². The van der Waals surface area contributed by atoms with Gasteiger partial charge in [0.1, 0.15) is 23.7 Å². The molecule has 0 fully saturated rings. The SMILES string of the molecule is Cc1c(CN(C)CC(O)c2ccc(OCCO)cc2)sc2c(=O)c(C(=O)NCc3ccc(F)cc3)cn(C)c12. The van der Waals surface area contributed by atoms with Crippen LogP contribution in [0.4, 0.5) is 4.39 Å². The van der Waals surface area contributed by atoms with E-state index in [-0.39, 0.29) is 36.6 Å². The first-order valence-corrected chi connectivity index (χ1v) is 13.3. The molecular formula is C29H32FN3O5S. The fourth-order valence-electron chi connectivity index (χ4n) is 4.42. The number of ether oxygens (including phenoxy) is 1. The lowest BCUT2D eigenvalue weighted by Gasteiger charge is -2.21. The van der Waals surface area contributed by atoms with Crippen molar-refractivity contribution < 1.29 is 24.1 Å². The average molecular weight is 554 g/mol. The minimum atomic E-state index is -0.723. The molecule has 0 saturated heterocycles. The number of pyridine rings is 1. The van der Waals surface area contributed by atoms with Gasteiger partial charge < -0.3 is 24.8 Å². The Morgan fingerprint density at radius 1 is 1.18 bits per heavy atom. The van der Waals surface area contributed by atoms with Crippen LogP contribution in [0, 0.1) is 12.7 Å². The zero-order valence-corrected chi connectivity index (χ0v) is 22.9. The number of amides is 1. The summed E-state index contributed by atoms with van der Waals surface area (Å²) in [4.78, 5) is 29.1. The number of aromatic nitrogens is 1. The summed E-state index contributed by atoms with van der Waals surface area (Å²) in [5.74, 6) is -0.214. The summed E-state index contributed by atoms with van der Waals surface area (Å²) >= 11 is 1.36. The number of nitrogens with zero attached hydrogens (tertiary/aromatic N) is 2. The van der Waals surface area contributed by atoms with Crippen molar-refractivity contribution in [2.45, 2.75) is 26.1 Å². The molecule has 206 valence electrons. The zero-order chi connectivity index (χ0) is 28.1. The fourth-order valence-corrected chi connectivity index (χ4v) is 5.80. The molecular weight excluding hydrogens is 521 g/mol. The predicted octanol–water partition coefficient (Wildman–Crippen LogP) is 3.51. The monoisotopic (exact) mass is 553 g/mol. The van der Waals surface area contributed by atoms with E-state index < -0.39 is 12.0 Å². The van der Waals surface area contributed by atoms with Crippen LogP contribution in [0.5, 0.6) is 5.75 Å². The van der Waals surface area contributed by atoms with Crippen molar-refractivity contribution in [3.05, 3.63) is 97.9 Å². The molecule has 1 atom stereocenters. The Bertz CT molecular complexity index is 1500. The summed E-state index contributed by atoms with van der Waals surface area (Å²) in [6, 6.07) is 12.9. The summed E-state index contributed by atoms with van der Waals surface area (Å²) in [5, 5.41) is 22.4. The van der Waals surface area contributed by atoms with Gasteiger partial charge >= 0.3 is 0 Å². The van der Waals surface area contributed by atoms with Gasteiger partial charge in [-0.25, -0.2) is 4.39 Å². The van der Waals surface area contributed by atoms with Crippen LogP contribution in [0.2, 0.25) is 0 Å². The zero-order valence-electron chi connectivity index (χ0n) is 22.1. The van der Waals surface area contributed by atoms with Gasteiger partial charge in [0.15, 0.2) is 0 Å². The molecule has 4 aromatic rings. The number of likely N-dealkylation sites (N-methyl/N-ethyl adjacent to an activating group) is 1. The van der Waals surface area contributed by atoms with E-state index in [4.69, 9.17) is 9.84 Å². The van der Waals surface area contributed by atoms with Crippen LogP contribution in [0.3, 0.4) is 0 Å². The van der Waals surface area contributed by atoms with Crippen molar-refractivity contribution in [3.8, 4) is 5.75 Å². The fraction of sp³-hybridized carbons (Fsp3) is 0.310. The molecule has 0 bridgehead atoms. The van der Waals surface area contributed by atoms with E-state index in [0.717, 1.165) is 27.1 Å². The van der Waals surface area contributed by atoms with Gasteiger partial charge in [-0.3, -0.25) is 14.5 Å². The summed E-state index contributed by atoms with van der Waals surface area (Å²) in [5.41, 5.74) is 2.94. The van der Waals surface area contributed by atoms with Gasteiger partial charge in [-0.1, -0.05) is 24.3 Å². The number of rotatable bonds is 11. The van der Waals surface area contributed by atoms with Crippen LogP contribution < -0.4 is 15.5 Å². The average Bonchev–Trinajstić information content (AvgIpc) is 3.25. The maximum atomic E-state index is 13.3. The third-order valence-corrected chi connectivity index (χ3v) is 7.74. The Morgan fingerprint density at radius 2 is 1.87 bits per heavy atom. The first kappa shape index (κ1) is 28.4. The summed E-state index contributed by atoms with van der Waals surface area (Å²) in [6.07, 6.45) is 0.828. The molecule has 1 amide bonds. The van der Waals surface area contributed by atoms with Crippen LogP contribution in [0.25, 0.3) is 10.2 Å². The highest BCUT2D eigenvalue weighted by Gasteiger charge is 2.21. The number of carbonyl (C=O) groups excluding carboxylic acids is 1. The number of benzene rings is 2. The molecule has 3 N–H and O–H groups in total. The van der Waals surface area contributed by atoms with E-state index in [0.29, 0.717) is 23.5 Å². The molecule has 10 heteroatoms. The standard InChI is InChI=1S/C29H32FN3O5S/c1-18-25(17-32(2)16-24(35)20-6-10-22(11-7-20)38-13-12-34)39-28-26(18)33(3)15-23(27(28)36)29(37)31-14-19-4-8-21(30)9-5-19/h4-11,15,24,34-35H,12-14,16-17H2,1-3H3,(H,31,37). The van der Waals surface area contributed by atoms with Gasteiger partial charge in [0.25, 0.3) is 5.91 Å². The van der Waals surface area contributed by atoms with Gasteiger partial charge in [-0.15, -0.1) is 11.3 Å².